The summed E-state index contributed by atoms with van der Waals surface area (Å²) >= 11 is 11.5. The minimum atomic E-state index is -0.552. The molecule has 0 saturated heterocycles. The maximum absolute atomic E-state index is 13.3. The molecule has 2 aromatic carbocycles. The molecule has 2 heterocycles. The predicted octanol–water partition coefficient (Wildman–Crippen LogP) is 6.69. The second kappa shape index (κ2) is 10.4. The maximum Gasteiger partial charge on any atom is 0.221 e. The molecule has 2 aromatic heterocycles. The monoisotopic (exact) mass is 490 g/mol. The van der Waals surface area contributed by atoms with Crippen LogP contribution >= 0.6 is 35.2 Å². The van der Waals surface area contributed by atoms with Gasteiger partial charge >= 0.3 is 0 Å². The molecule has 0 aliphatic rings. The third-order valence-electron chi connectivity index (χ3n) is 4.10. The summed E-state index contributed by atoms with van der Waals surface area (Å²) in [6, 6.07) is 15.6. The van der Waals surface area contributed by atoms with Gasteiger partial charge in [-0.15, -0.1) is 0 Å². The van der Waals surface area contributed by atoms with Crippen molar-refractivity contribution in [2.24, 2.45) is 0 Å². The fraction of sp³-hybridized carbons (Fsp3) is 0.0455. The summed E-state index contributed by atoms with van der Waals surface area (Å²) < 4.78 is 26.8. The number of carbonyl (C=O) groups excluding carboxylic acids is 1. The number of nitrogen functional groups attached to an aromatic ring is 1. The number of aromatic nitrogens is 2. The van der Waals surface area contributed by atoms with Crippen molar-refractivity contribution in [3.63, 3.8) is 0 Å². The molecular weight excluding hydrogens is 474 g/mol. The van der Waals surface area contributed by atoms with Gasteiger partial charge in [-0.25, -0.2) is 9.37 Å². The number of halogens is 3. The molecule has 0 saturated carbocycles. The van der Waals surface area contributed by atoms with Crippen molar-refractivity contribution in [2.45, 2.75) is 6.92 Å². The molecule has 0 radical (unpaired) electrons. The molecule has 4 rings (SSSR count). The molecule has 0 bridgehead atoms. The number of rotatable bonds is 3. The number of hydrogen-bond acceptors (Lipinski definition) is 5. The number of nitrogens with one attached hydrogen (secondary N) is 2. The summed E-state index contributed by atoms with van der Waals surface area (Å²) in [5, 5.41) is 2.28. The van der Waals surface area contributed by atoms with Crippen LogP contribution in [0.5, 0.6) is 0 Å². The van der Waals surface area contributed by atoms with E-state index in [0.717, 1.165) is 28.5 Å². The van der Waals surface area contributed by atoms with Crippen molar-refractivity contribution in [1.82, 2.24) is 9.97 Å². The first kappa shape index (κ1) is 23.5. The van der Waals surface area contributed by atoms with E-state index >= 15 is 0 Å². The van der Waals surface area contributed by atoms with Gasteiger partial charge in [0.25, 0.3) is 0 Å². The molecule has 10 heteroatoms. The normalized spacial score (nSPS) is 10.2. The van der Waals surface area contributed by atoms with Crippen LogP contribution in [0.2, 0.25) is 5.02 Å². The van der Waals surface area contributed by atoms with Gasteiger partial charge in [-0.2, -0.15) is 4.39 Å². The van der Waals surface area contributed by atoms with Crippen molar-refractivity contribution in [3.8, 4) is 22.4 Å². The number of benzene rings is 2. The van der Waals surface area contributed by atoms with E-state index in [4.69, 9.17) is 29.6 Å². The lowest BCUT2D eigenvalue weighted by Crippen LogP contribution is -2.06. The number of nitrogens with two attached hydrogens (primary N) is 1. The highest BCUT2D eigenvalue weighted by atomic mass is 35.5. The van der Waals surface area contributed by atoms with E-state index in [2.05, 4.69) is 15.3 Å². The zero-order valence-corrected chi connectivity index (χ0v) is 19.0. The van der Waals surface area contributed by atoms with Gasteiger partial charge in [0.15, 0.2) is 5.13 Å². The van der Waals surface area contributed by atoms with Crippen LogP contribution < -0.4 is 11.1 Å². The predicted molar refractivity (Wildman–Crippen MR) is 128 cm³/mol. The zero-order valence-electron chi connectivity index (χ0n) is 16.7. The number of pyridine rings is 1. The highest BCUT2D eigenvalue weighted by Crippen LogP contribution is 2.30. The second-order valence-corrected chi connectivity index (χ2v) is 8.28. The van der Waals surface area contributed by atoms with E-state index in [1.165, 1.54) is 19.1 Å². The van der Waals surface area contributed by atoms with E-state index in [-0.39, 0.29) is 21.8 Å². The van der Waals surface area contributed by atoms with Gasteiger partial charge < -0.3 is 16.0 Å². The van der Waals surface area contributed by atoms with Crippen molar-refractivity contribution < 1.29 is 13.6 Å². The fourth-order valence-electron chi connectivity index (χ4n) is 2.73. The molecule has 0 aliphatic carbocycles. The Kier molecular flexibility index (Phi) is 7.68. The highest BCUT2D eigenvalue weighted by molar-refractivity contribution is 7.71. The molecule has 0 spiro atoms. The Balaban J connectivity index is 0.000000182. The van der Waals surface area contributed by atoms with E-state index in [0.29, 0.717) is 15.9 Å². The van der Waals surface area contributed by atoms with E-state index < -0.39 is 10.9 Å². The Morgan fingerprint density at radius 3 is 2.47 bits per heavy atom. The summed E-state index contributed by atoms with van der Waals surface area (Å²) in [4.78, 5) is 17.8. The van der Waals surface area contributed by atoms with Crippen LogP contribution in [0.25, 0.3) is 22.4 Å². The number of anilines is 2. The fourth-order valence-corrected chi connectivity index (χ4v) is 3.73. The summed E-state index contributed by atoms with van der Waals surface area (Å²) in [6.07, 6.45) is 1.69. The van der Waals surface area contributed by atoms with Crippen LogP contribution in [0.1, 0.15) is 6.92 Å². The Labute approximate surface area is 196 Å². The Morgan fingerprint density at radius 2 is 1.88 bits per heavy atom. The summed E-state index contributed by atoms with van der Waals surface area (Å²) in [5.41, 5.74) is 8.50. The number of thiazole rings is 1. The first-order valence-corrected chi connectivity index (χ1v) is 10.8. The lowest BCUT2D eigenvalue weighted by molar-refractivity contribution is -0.114. The maximum atomic E-state index is 13.3. The molecule has 4 N–H and O–H groups in total. The molecule has 0 aliphatic heterocycles. The van der Waals surface area contributed by atoms with Crippen LogP contribution in [0.4, 0.5) is 19.6 Å². The van der Waals surface area contributed by atoms with Crippen LogP contribution in [-0.2, 0) is 4.79 Å². The van der Waals surface area contributed by atoms with E-state index in [1.54, 1.807) is 6.20 Å². The highest BCUT2D eigenvalue weighted by Gasteiger charge is 2.12. The van der Waals surface area contributed by atoms with E-state index in [9.17, 15) is 13.6 Å². The third kappa shape index (κ3) is 5.97. The number of H-pyrrole nitrogens is 1. The smallest absolute Gasteiger partial charge is 0.221 e. The molecular formula is C22H17ClF2N4OS2. The topological polar surface area (TPSA) is 83.8 Å². The number of aromatic amines is 1. The molecule has 4 aromatic rings. The van der Waals surface area contributed by atoms with E-state index in [1.807, 2.05) is 36.4 Å². The molecule has 32 heavy (non-hydrogen) atoms. The lowest BCUT2D eigenvalue weighted by Gasteiger charge is -2.06. The van der Waals surface area contributed by atoms with Crippen molar-refractivity contribution >= 4 is 51.9 Å². The largest absolute Gasteiger partial charge is 0.375 e. The van der Waals surface area contributed by atoms with Gasteiger partial charge in [0.1, 0.15) is 16.2 Å². The molecule has 5 nitrogen and oxygen atoms in total. The second-order valence-electron chi connectivity index (χ2n) is 6.48. The van der Waals surface area contributed by atoms with Gasteiger partial charge in [-0.1, -0.05) is 65.5 Å². The zero-order chi connectivity index (χ0) is 23.3. The van der Waals surface area contributed by atoms with Crippen LogP contribution in [0, 0.1) is 15.6 Å². The van der Waals surface area contributed by atoms with Crippen LogP contribution in [0.15, 0.2) is 60.8 Å². The average molecular weight is 491 g/mol. The Hall–Kier alpha value is -3.14. The van der Waals surface area contributed by atoms with Gasteiger partial charge in [-0.05, 0) is 29.8 Å². The molecule has 0 atom stereocenters. The molecule has 1 amide bonds. The van der Waals surface area contributed by atoms with Crippen molar-refractivity contribution in [3.05, 3.63) is 81.4 Å². The molecule has 0 fully saturated rings. The van der Waals surface area contributed by atoms with Gasteiger partial charge in [0, 0.05) is 24.2 Å². The first-order chi connectivity index (χ1) is 15.2. The molecule has 0 unspecified atom stereocenters. The minimum absolute atomic E-state index is 0.0709. The quantitative estimate of drug-likeness (QED) is 0.279. The van der Waals surface area contributed by atoms with Crippen molar-refractivity contribution in [2.75, 3.05) is 11.1 Å². The first-order valence-electron chi connectivity index (χ1n) is 9.17. The number of amides is 1. The lowest BCUT2D eigenvalue weighted by atomic mass is 10.1. The number of nitrogens with zero attached hydrogens (tertiary/aromatic N) is 1. The average Bonchev–Trinajstić information content (AvgIpc) is 3.10. The van der Waals surface area contributed by atoms with Crippen LogP contribution in [0.3, 0.4) is 0 Å². The summed E-state index contributed by atoms with van der Waals surface area (Å²) in [7, 11) is 0. The van der Waals surface area contributed by atoms with Gasteiger partial charge in [0.2, 0.25) is 11.0 Å². The van der Waals surface area contributed by atoms with Crippen LogP contribution in [-0.4, -0.2) is 15.9 Å². The Bertz CT molecular complexity index is 1310. The summed E-state index contributed by atoms with van der Waals surface area (Å²) in [5.74, 6) is -0.654. The number of hydrogen-bond donors (Lipinski definition) is 3. The van der Waals surface area contributed by atoms with Gasteiger partial charge in [0.05, 0.1) is 10.7 Å². The standard InChI is InChI=1S/C13H12N2OS.C9H5ClF2N2S/c1-9(16)15-11-7-12(13(17)14-8-11)10-5-3-2-4-6-10;10-5-3-4(1-2-6(5)11)7-8(12)15-9(13)14-7/h2-8H,1H3,(H,14,17)(H,15,16);1-3H,(H2,13,14). The molecule has 164 valence electrons. The van der Waals surface area contributed by atoms with Gasteiger partial charge in [-0.3, -0.25) is 4.79 Å². The minimum Gasteiger partial charge on any atom is -0.375 e. The SMILES string of the molecule is CC(=O)Nc1c[nH]c(=S)c(-c2ccccc2)c1.Nc1nc(-c2ccc(F)c(Cl)c2)c(F)s1. The Morgan fingerprint density at radius 1 is 1.16 bits per heavy atom. The number of carbonyl (C=O) groups is 1. The summed E-state index contributed by atoms with van der Waals surface area (Å²) in [6.45, 7) is 1.48. The van der Waals surface area contributed by atoms with Crippen molar-refractivity contribution in [1.29, 1.82) is 0 Å². The third-order valence-corrected chi connectivity index (χ3v) is 5.40.